The average molecular weight is 313 g/mol. The second-order valence-electron chi connectivity index (χ2n) is 4.66. The van der Waals surface area contributed by atoms with E-state index in [1.54, 1.807) is 0 Å². The lowest BCUT2D eigenvalue weighted by molar-refractivity contribution is 0.766. The van der Waals surface area contributed by atoms with Crippen molar-refractivity contribution in [1.82, 2.24) is 0 Å². The molecule has 0 aromatic heterocycles. The van der Waals surface area contributed by atoms with E-state index >= 15 is 0 Å². The number of nitriles is 1. The van der Waals surface area contributed by atoms with Crippen LogP contribution in [0.2, 0.25) is 0 Å². The van der Waals surface area contributed by atoms with Crippen LogP contribution in [-0.2, 0) is 6.42 Å². The molecule has 2 aromatic carbocycles. The maximum absolute atomic E-state index is 9.30. The highest BCUT2D eigenvalue weighted by molar-refractivity contribution is 9.10. The van der Waals surface area contributed by atoms with Crippen LogP contribution < -0.4 is 4.90 Å². The summed E-state index contributed by atoms with van der Waals surface area (Å²) in [5, 5.41) is 9.30. The molecule has 0 N–H and O–H groups in total. The van der Waals surface area contributed by atoms with Crippen molar-refractivity contribution in [3.8, 4) is 6.07 Å². The summed E-state index contributed by atoms with van der Waals surface area (Å²) >= 11 is 3.50. The zero-order chi connectivity index (χ0) is 13.2. The highest BCUT2D eigenvalue weighted by Gasteiger charge is 2.20. The van der Waals surface area contributed by atoms with Crippen molar-refractivity contribution in [2.75, 3.05) is 11.4 Å². The number of para-hydroxylation sites is 1. The minimum Gasteiger partial charge on any atom is -0.340 e. The number of rotatable bonds is 1. The van der Waals surface area contributed by atoms with Crippen LogP contribution >= 0.6 is 15.9 Å². The van der Waals surface area contributed by atoms with E-state index in [9.17, 15) is 5.26 Å². The predicted octanol–water partition coefficient (Wildman–Crippen LogP) is 4.41. The molecule has 0 atom stereocenters. The first kappa shape index (κ1) is 12.3. The Hall–Kier alpha value is -1.79. The van der Waals surface area contributed by atoms with Gasteiger partial charge in [0.25, 0.3) is 0 Å². The number of benzene rings is 2. The average Bonchev–Trinajstić information content (AvgIpc) is 2.46. The molecule has 0 radical (unpaired) electrons. The molecule has 0 fully saturated rings. The molecule has 1 heterocycles. The molecule has 2 aromatic rings. The van der Waals surface area contributed by atoms with Crippen molar-refractivity contribution in [1.29, 1.82) is 5.26 Å². The molecule has 2 nitrogen and oxygen atoms in total. The van der Waals surface area contributed by atoms with Gasteiger partial charge in [-0.25, -0.2) is 0 Å². The molecule has 3 heteroatoms. The zero-order valence-electron chi connectivity index (χ0n) is 10.4. The van der Waals surface area contributed by atoms with Crippen molar-refractivity contribution in [3.05, 3.63) is 58.1 Å². The summed E-state index contributed by atoms with van der Waals surface area (Å²) in [5.74, 6) is 0. The highest BCUT2D eigenvalue weighted by Crippen LogP contribution is 2.36. The number of nitrogens with zero attached hydrogens (tertiary/aromatic N) is 2. The fraction of sp³-hybridized carbons (Fsp3) is 0.188. The van der Waals surface area contributed by atoms with E-state index in [1.165, 1.54) is 11.3 Å². The molecule has 94 valence electrons. The molecule has 19 heavy (non-hydrogen) atoms. The maximum atomic E-state index is 9.30. The van der Waals surface area contributed by atoms with Crippen LogP contribution in [0.1, 0.15) is 17.5 Å². The Morgan fingerprint density at radius 2 is 1.95 bits per heavy atom. The van der Waals surface area contributed by atoms with Crippen molar-refractivity contribution in [3.63, 3.8) is 0 Å². The normalized spacial score (nSPS) is 13.8. The highest BCUT2D eigenvalue weighted by atomic mass is 79.9. The van der Waals surface area contributed by atoms with Crippen molar-refractivity contribution >= 4 is 27.3 Å². The summed E-state index contributed by atoms with van der Waals surface area (Å²) < 4.78 is 1.00. The van der Waals surface area contributed by atoms with Gasteiger partial charge >= 0.3 is 0 Å². The van der Waals surface area contributed by atoms with Gasteiger partial charge in [0, 0.05) is 16.7 Å². The van der Waals surface area contributed by atoms with E-state index in [1.807, 2.05) is 18.2 Å². The fourth-order valence-electron chi connectivity index (χ4n) is 2.61. The van der Waals surface area contributed by atoms with Crippen molar-refractivity contribution in [2.24, 2.45) is 0 Å². The molecule has 0 unspecified atom stereocenters. The lowest BCUT2D eigenvalue weighted by Gasteiger charge is -2.32. The summed E-state index contributed by atoms with van der Waals surface area (Å²) in [5.41, 5.74) is 4.30. The quantitative estimate of drug-likeness (QED) is 0.780. The van der Waals surface area contributed by atoms with E-state index < -0.39 is 0 Å². The number of halogens is 1. The van der Waals surface area contributed by atoms with E-state index in [0.29, 0.717) is 0 Å². The van der Waals surface area contributed by atoms with Crippen LogP contribution in [0.15, 0.2) is 46.9 Å². The lowest BCUT2D eigenvalue weighted by Crippen LogP contribution is -2.25. The van der Waals surface area contributed by atoms with Crippen LogP contribution in [0.3, 0.4) is 0 Å². The SMILES string of the molecule is N#Cc1ccc(Br)cc1N1CCCc2ccccc21. The van der Waals surface area contributed by atoms with Gasteiger partial charge in [0.1, 0.15) is 6.07 Å². The molecular weight excluding hydrogens is 300 g/mol. The summed E-state index contributed by atoms with van der Waals surface area (Å²) in [4.78, 5) is 2.25. The van der Waals surface area contributed by atoms with Gasteiger partial charge in [0.2, 0.25) is 0 Å². The van der Waals surface area contributed by atoms with Gasteiger partial charge in [0.05, 0.1) is 11.3 Å². The predicted molar refractivity (Wildman–Crippen MR) is 80.6 cm³/mol. The molecule has 0 amide bonds. The summed E-state index contributed by atoms with van der Waals surface area (Å²) in [6, 6.07) is 16.5. The monoisotopic (exact) mass is 312 g/mol. The summed E-state index contributed by atoms with van der Waals surface area (Å²) in [6.45, 7) is 0.960. The topological polar surface area (TPSA) is 27.0 Å². The Morgan fingerprint density at radius 3 is 2.79 bits per heavy atom. The number of hydrogen-bond donors (Lipinski definition) is 0. The summed E-state index contributed by atoms with van der Waals surface area (Å²) in [7, 11) is 0. The van der Waals surface area contributed by atoms with Crippen molar-refractivity contribution in [2.45, 2.75) is 12.8 Å². The third-order valence-electron chi connectivity index (χ3n) is 3.48. The fourth-order valence-corrected chi connectivity index (χ4v) is 2.96. The lowest BCUT2D eigenvalue weighted by atomic mass is 10.0. The third kappa shape index (κ3) is 2.24. The number of fused-ring (bicyclic) bond motifs is 1. The van der Waals surface area contributed by atoms with Gasteiger partial charge in [-0.3, -0.25) is 0 Å². The van der Waals surface area contributed by atoms with E-state index in [4.69, 9.17) is 0 Å². The molecule has 0 spiro atoms. The first-order valence-corrected chi connectivity index (χ1v) is 7.14. The number of aryl methyl sites for hydroxylation is 1. The van der Waals surface area contributed by atoms with Gasteiger partial charge in [-0.2, -0.15) is 5.26 Å². The van der Waals surface area contributed by atoms with Crippen LogP contribution in [0, 0.1) is 11.3 Å². The van der Waals surface area contributed by atoms with Gasteiger partial charge < -0.3 is 4.90 Å². The second kappa shape index (κ2) is 5.07. The minimum absolute atomic E-state index is 0.722. The zero-order valence-corrected chi connectivity index (χ0v) is 12.0. The van der Waals surface area contributed by atoms with Gasteiger partial charge in [-0.1, -0.05) is 34.1 Å². The molecule has 3 rings (SSSR count). The van der Waals surface area contributed by atoms with Crippen LogP contribution in [0.5, 0.6) is 0 Å². The second-order valence-corrected chi connectivity index (χ2v) is 5.57. The molecular formula is C16H13BrN2. The Bertz CT molecular complexity index is 658. The van der Waals surface area contributed by atoms with Crippen molar-refractivity contribution < 1.29 is 0 Å². The Labute approximate surface area is 121 Å². The smallest absolute Gasteiger partial charge is 0.101 e. The van der Waals surface area contributed by atoms with E-state index in [-0.39, 0.29) is 0 Å². The molecule has 0 saturated heterocycles. The van der Waals surface area contributed by atoms with Gasteiger partial charge in [-0.05, 0) is 42.7 Å². The summed E-state index contributed by atoms with van der Waals surface area (Å²) in [6.07, 6.45) is 2.23. The van der Waals surface area contributed by atoms with Crippen LogP contribution in [0.4, 0.5) is 11.4 Å². The Morgan fingerprint density at radius 1 is 1.11 bits per heavy atom. The Balaban J connectivity index is 2.14. The number of hydrogen-bond acceptors (Lipinski definition) is 2. The van der Waals surface area contributed by atoms with E-state index in [0.717, 1.165) is 35.1 Å². The molecule has 0 bridgehead atoms. The van der Waals surface area contributed by atoms with Gasteiger partial charge in [-0.15, -0.1) is 0 Å². The molecule has 1 aliphatic rings. The third-order valence-corrected chi connectivity index (χ3v) is 3.97. The Kier molecular flexibility index (Phi) is 3.27. The minimum atomic E-state index is 0.722. The number of anilines is 2. The van der Waals surface area contributed by atoms with E-state index in [2.05, 4.69) is 51.2 Å². The molecule has 0 aliphatic carbocycles. The molecule has 0 saturated carbocycles. The first-order valence-electron chi connectivity index (χ1n) is 6.34. The van der Waals surface area contributed by atoms with Gasteiger partial charge in [0.15, 0.2) is 0 Å². The van der Waals surface area contributed by atoms with Crippen LogP contribution in [0.25, 0.3) is 0 Å². The van der Waals surface area contributed by atoms with Crippen LogP contribution in [-0.4, -0.2) is 6.54 Å². The first-order chi connectivity index (χ1) is 9.29. The molecule has 1 aliphatic heterocycles. The maximum Gasteiger partial charge on any atom is 0.101 e. The standard InChI is InChI=1S/C16H13BrN2/c17-14-8-7-13(11-18)16(10-14)19-9-3-5-12-4-1-2-6-15(12)19/h1-2,4,6-8,10H,3,5,9H2. The largest absolute Gasteiger partial charge is 0.340 e.